The second-order valence-electron chi connectivity index (χ2n) is 10.5. The Morgan fingerprint density at radius 1 is 0.614 bits per heavy atom. The number of Topliss-reactive ketones (excluding diaryl/α,β-unsaturated/α-hetero) is 2. The van der Waals surface area contributed by atoms with E-state index in [9.17, 15) is 9.59 Å². The molecule has 1 aliphatic heterocycles. The minimum atomic E-state index is -0.160. The van der Waals surface area contributed by atoms with Gasteiger partial charge in [-0.2, -0.15) is 15.3 Å². The van der Waals surface area contributed by atoms with E-state index >= 15 is 0 Å². The monoisotopic (exact) mass is 580 g/mol. The number of benzene rings is 3. The summed E-state index contributed by atoms with van der Waals surface area (Å²) >= 11 is 0. The van der Waals surface area contributed by atoms with E-state index in [1.807, 2.05) is 138 Å². The fraction of sp³-hybridized carbons (Fsp3) is 0.0882. The summed E-state index contributed by atoms with van der Waals surface area (Å²) < 4.78 is 5.26. The molecule has 0 saturated carbocycles. The normalized spacial score (nSPS) is 12.4. The van der Waals surface area contributed by atoms with Crippen LogP contribution in [-0.4, -0.2) is 53.0 Å². The molecule has 0 N–H and O–H groups in total. The van der Waals surface area contributed by atoms with Gasteiger partial charge in [0, 0.05) is 38.5 Å². The molecular weight excluding hydrogens is 552 g/mol. The van der Waals surface area contributed by atoms with Crippen molar-refractivity contribution >= 4 is 29.7 Å². The zero-order chi connectivity index (χ0) is 30.4. The van der Waals surface area contributed by atoms with E-state index in [0.717, 1.165) is 27.6 Å². The Balaban J connectivity index is 1.45. The second kappa shape index (κ2) is 10.7. The number of hydrazine groups is 1. The van der Waals surface area contributed by atoms with E-state index in [-0.39, 0.29) is 11.6 Å². The Hall–Kier alpha value is -6.03. The number of carbonyl (C=O) groups excluding carboxylic acids is 2. The average molecular weight is 581 g/mol. The molecule has 10 nitrogen and oxygen atoms in total. The van der Waals surface area contributed by atoms with Crippen LogP contribution >= 0.6 is 0 Å². The number of ketones is 2. The first kappa shape index (κ1) is 26.8. The maximum absolute atomic E-state index is 12.9. The maximum Gasteiger partial charge on any atom is 0.182 e. The fourth-order valence-electron chi connectivity index (χ4n) is 5.37. The van der Waals surface area contributed by atoms with Gasteiger partial charge in [-0.05, 0) is 36.4 Å². The Bertz CT molecular complexity index is 2150. The van der Waals surface area contributed by atoms with Gasteiger partial charge < -0.3 is 0 Å². The first-order chi connectivity index (χ1) is 21.4. The fourth-order valence-corrected chi connectivity index (χ4v) is 5.37. The number of para-hydroxylation sites is 3. The summed E-state index contributed by atoms with van der Waals surface area (Å²) in [5.41, 5.74) is 5.05. The average Bonchev–Trinajstić information content (AvgIpc) is 3.78. The van der Waals surface area contributed by atoms with Crippen LogP contribution in [0.3, 0.4) is 0 Å². The molecule has 3 aromatic carbocycles. The Kier molecular flexibility index (Phi) is 6.51. The molecule has 0 radical (unpaired) electrons. The summed E-state index contributed by atoms with van der Waals surface area (Å²) in [7, 11) is 1.89. The minimum Gasteiger partial charge on any atom is -0.293 e. The van der Waals surface area contributed by atoms with Crippen LogP contribution < -0.4 is 15.6 Å². The summed E-state index contributed by atoms with van der Waals surface area (Å²) in [4.78, 5) is 25.7. The van der Waals surface area contributed by atoms with Gasteiger partial charge in [-0.1, -0.05) is 54.6 Å². The number of aromatic nitrogens is 6. The third-order valence-electron chi connectivity index (χ3n) is 7.48. The summed E-state index contributed by atoms with van der Waals surface area (Å²) in [6.45, 7) is 3.03. The lowest BCUT2D eigenvalue weighted by Crippen LogP contribution is -2.45. The van der Waals surface area contributed by atoms with Crippen molar-refractivity contribution in [1.29, 1.82) is 0 Å². The quantitative estimate of drug-likeness (QED) is 0.262. The highest BCUT2D eigenvalue weighted by Gasteiger charge is 2.26. The van der Waals surface area contributed by atoms with Crippen LogP contribution in [0.4, 0.5) is 5.69 Å². The number of anilines is 1. The number of nitrogens with zero attached hydrogens (tertiary/aromatic N) is 8. The largest absolute Gasteiger partial charge is 0.293 e. The third kappa shape index (κ3) is 4.58. The van der Waals surface area contributed by atoms with Crippen molar-refractivity contribution < 1.29 is 9.59 Å². The molecule has 0 saturated heterocycles. The summed E-state index contributed by atoms with van der Waals surface area (Å²) in [5.74, 6) is -0.314. The highest BCUT2D eigenvalue weighted by Crippen LogP contribution is 2.27. The van der Waals surface area contributed by atoms with Gasteiger partial charge in [-0.15, -0.1) is 0 Å². The van der Waals surface area contributed by atoms with Gasteiger partial charge in [-0.25, -0.2) is 14.0 Å². The first-order valence-corrected chi connectivity index (χ1v) is 14.1. The van der Waals surface area contributed by atoms with Gasteiger partial charge in [0.05, 0.1) is 40.4 Å². The van der Waals surface area contributed by atoms with E-state index in [4.69, 9.17) is 5.10 Å². The molecule has 7 rings (SSSR count). The van der Waals surface area contributed by atoms with Gasteiger partial charge in [-0.3, -0.25) is 19.6 Å². The predicted octanol–water partition coefficient (Wildman–Crippen LogP) is 4.16. The zero-order valence-corrected chi connectivity index (χ0v) is 24.4. The van der Waals surface area contributed by atoms with Gasteiger partial charge in [0.1, 0.15) is 17.1 Å². The van der Waals surface area contributed by atoms with E-state index in [2.05, 4.69) is 10.2 Å². The van der Waals surface area contributed by atoms with Crippen LogP contribution in [0, 0.1) is 0 Å². The van der Waals surface area contributed by atoms with Crippen molar-refractivity contribution in [3.63, 3.8) is 0 Å². The van der Waals surface area contributed by atoms with Gasteiger partial charge >= 0.3 is 0 Å². The van der Waals surface area contributed by atoms with Gasteiger partial charge in [0.15, 0.2) is 17.3 Å². The van der Waals surface area contributed by atoms with E-state index in [0.29, 0.717) is 28.3 Å². The van der Waals surface area contributed by atoms with Crippen molar-refractivity contribution in [3.05, 3.63) is 125 Å². The van der Waals surface area contributed by atoms with Crippen molar-refractivity contribution in [2.45, 2.75) is 13.8 Å². The lowest BCUT2D eigenvalue weighted by Gasteiger charge is -2.30. The van der Waals surface area contributed by atoms with Gasteiger partial charge in [0.25, 0.3) is 0 Å². The molecule has 0 amide bonds. The van der Waals surface area contributed by atoms with Crippen molar-refractivity contribution in [1.82, 2.24) is 34.4 Å². The number of hydrogen-bond donors (Lipinski definition) is 0. The smallest absolute Gasteiger partial charge is 0.182 e. The molecule has 0 aliphatic carbocycles. The highest BCUT2D eigenvalue weighted by atomic mass is 16.1. The standard InChI is InChI=1S/C34H28N8O2/c1-23(43)32-29(20-39(35-32)25-13-7-4-8-14-25)34-28-19-38(3)41(22-30(28)42(37-34)27-17-11-6-12-18-27)31-21-40(36-33(31)24(2)44)26-15-9-5-10-16-26/h4-22H,1-3H3. The molecule has 0 fully saturated rings. The molecule has 0 unspecified atom stereocenters. The molecule has 3 aromatic heterocycles. The second-order valence-corrected chi connectivity index (χ2v) is 10.5. The van der Waals surface area contributed by atoms with E-state index in [1.165, 1.54) is 13.8 Å². The van der Waals surface area contributed by atoms with Crippen molar-refractivity contribution in [3.8, 4) is 28.3 Å². The topological polar surface area (TPSA) is 94.1 Å². The van der Waals surface area contributed by atoms with Crippen LogP contribution in [0.2, 0.25) is 0 Å². The Labute approximate surface area is 253 Å². The third-order valence-corrected chi connectivity index (χ3v) is 7.48. The van der Waals surface area contributed by atoms with Crippen molar-refractivity contribution in [2.75, 3.05) is 12.1 Å². The summed E-state index contributed by atoms with van der Waals surface area (Å²) in [6.07, 6.45) is 7.58. The van der Waals surface area contributed by atoms with Crippen LogP contribution in [-0.2, 0) is 0 Å². The molecule has 0 spiro atoms. The zero-order valence-electron chi connectivity index (χ0n) is 24.4. The van der Waals surface area contributed by atoms with Crippen LogP contribution in [0.5, 0.6) is 0 Å². The molecule has 0 bridgehead atoms. The molecular formula is C34H28N8O2. The minimum absolute atomic E-state index is 0.154. The van der Waals surface area contributed by atoms with Crippen molar-refractivity contribution in [2.24, 2.45) is 0 Å². The highest BCUT2D eigenvalue weighted by molar-refractivity contribution is 5.99. The van der Waals surface area contributed by atoms with Gasteiger partial charge in [0.2, 0.25) is 0 Å². The lowest BCUT2D eigenvalue weighted by atomic mass is 10.1. The molecule has 1 aliphatic rings. The Morgan fingerprint density at radius 2 is 1.14 bits per heavy atom. The predicted molar refractivity (Wildman–Crippen MR) is 168 cm³/mol. The molecule has 6 aromatic rings. The van der Waals surface area contributed by atoms with Crippen LogP contribution in [0.1, 0.15) is 34.8 Å². The summed E-state index contributed by atoms with van der Waals surface area (Å²) in [6, 6.07) is 29.1. The number of fused-ring (bicyclic) bond motifs is 1. The first-order valence-electron chi connectivity index (χ1n) is 14.1. The molecule has 10 heteroatoms. The number of carbonyl (C=O) groups is 2. The van der Waals surface area contributed by atoms with Crippen LogP contribution in [0.15, 0.2) is 103 Å². The number of hydrogen-bond acceptors (Lipinski definition) is 7. The lowest BCUT2D eigenvalue weighted by molar-refractivity contribution is 0.100. The van der Waals surface area contributed by atoms with E-state index in [1.54, 1.807) is 9.36 Å². The molecule has 0 atom stereocenters. The Morgan fingerprint density at radius 3 is 1.70 bits per heavy atom. The van der Waals surface area contributed by atoms with Crippen LogP contribution in [0.25, 0.3) is 40.7 Å². The van der Waals surface area contributed by atoms with E-state index < -0.39 is 0 Å². The molecule has 4 heterocycles. The SMILES string of the molecule is CC(=O)c1nn(-c2ccccc2)cc1-c1nn(-c2ccccc2)c2c1=CN(C)N(c1cn(-c3ccccc3)nc1C(C)=O)C=2. The maximum atomic E-state index is 12.9. The number of rotatable bonds is 7. The molecule has 44 heavy (non-hydrogen) atoms. The summed E-state index contributed by atoms with van der Waals surface area (Å²) in [5, 5.41) is 19.7. The molecule has 216 valence electrons.